The molecule has 22 heavy (non-hydrogen) atoms. The third-order valence-corrected chi connectivity index (χ3v) is 7.21. The first-order chi connectivity index (χ1) is 10.2. The molecule has 4 aliphatic carbocycles. The molecule has 3 N–H and O–H groups in total. The minimum absolute atomic E-state index is 0. The smallest absolute Gasteiger partial charge is 0.223 e. The summed E-state index contributed by atoms with van der Waals surface area (Å²) < 4.78 is 0. The van der Waals surface area contributed by atoms with Gasteiger partial charge in [-0.1, -0.05) is 12.8 Å². The van der Waals surface area contributed by atoms with Gasteiger partial charge >= 0.3 is 0 Å². The Morgan fingerprint density at radius 3 is 2.27 bits per heavy atom. The molecular formula is C18H31ClN2O. The van der Waals surface area contributed by atoms with Crippen LogP contribution in [0.25, 0.3) is 0 Å². The molecule has 0 heterocycles. The Morgan fingerprint density at radius 1 is 0.955 bits per heavy atom. The molecule has 4 rings (SSSR count). The lowest BCUT2D eigenvalue weighted by molar-refractivity contribution is -0.128. The molecule has 5 unspecified atom stereocenters. The summed E-state index contributed by atoms with van der Waals surface area (Å²) in [4.78, 5) is 12.5. The van der Waals surface area contributed by atoms with Crippen LogP contribution >= 0.6 is 12.4 Å². The predicted molar refractivity (Wildman–Crippen MR) is 90.7 cm³/mol. The van der Waals surface area contributed by atoms with Crippen molar-refractivity contribution in [2.75, 3.05) is 6.54 Å². The maximum absolute atomic E-state index is 12.5. The second-order valence-corrected chi connectivity index (χ2v) is 8.38. The van der Waals surface area contributed by atoms with E-state index in [-0.39, 0.29) is 18.3 Å². The monoisotopic (exact) mass is 326 g/mol. The summed E-state index contributed by atoms with van der Waals surface area (Å²) >= 11 is 0. The van der Waals surface area contributed by atoms with Crippen LogP contribution in [-0.4, -0.2) is 18.5 Å². The van der Waals surface area contributed by atoms with E-state index in [1.807, 2.05) is 0 Å². The molecule has 4 bridgehead atoms. The Morgan fingerprint density at radius 2 is 1.68 bits per heavy atom. The van der Waals surface area contributed by atoms with Crippen molar-refractivity contribution in [2.24, 2.45) is 41.2 Å². The molecule has 0 spiro atoms. The molecule has 0 aromatic carbocycles. The Hall–Kier alpha value is -0.280. The standard InChI is InChI=1S/C18H30N2O.ClH/c19-17-13-2-1-3-14(17)9-15(8-13)18(21)20-10-16-7-11-4-5-12(16)6-11;/h11-17H,1-10,19H2,(H,20,21);1H. The highest BCUT2D eigenvalue weighted by Gasteiger charge is 2.42. The van der Waals surface area contributed by atoms with E-state index in [4.69, 9.17) is 5.73 Å². The highest BCUT2D eigenvalue weighted by molar-refractivity contribution is 5.85. The zero-order valence-electron chi connectivity index (χ0n) is 13.5. The van der Waals surface area contributed by atoms with Crippen LogP contribution in [0, 0.1) is 35.5 Å². The van der Waals surface area contributed by atoms with Crippen LogP contribution in [0.1, 0.15) is 57.8 Å². The number of nitrogens with one attached hydrogen (secondary N) is 1. The van der Waals surface area contributed by atoms with Gasteiger partial charge in [0.2, 0.25) is 5.91 Å². The highest BCUT2D eigenvalue weighted by atomic mass is 35.5. The van der Waals surface area contributed by atoms with Crippen LogP contribution in [0.15, 0.2) is 0 Å². The van der Waals surface area contributed by atoms with Gasteiger partial charge in [-0.3, -0.25) is 4.79 Å². The number of nitrogens with two attached hydrogens (primary N) is 1. The first-order valence-corrected chi connectivity index (χ1v) is 9.24. The number of hydrogen-bond acceptors (Lipinski definition) is 2. The van der Waals surface area contributed by atoms with Crippen LogP contribution in [0.4, 0.5) is 0 Å². The van der Waals surface area contributed by atoms with Crippen LogP contribution in [0.5, 0.6) is 0 Å². The second-order valence-electron chi connectivity index (χ2n) is 8.38. The van der Waals surface area contributed by atoms with Crippen molar-refractivity contribution in [1.29, 1.82) is 0 Å². The van der Waals surface area contributed by atoms with Gasteiger partial charge in [0.15, 0.2) is 0 Å². The summed E-state index contributed by atoms with van der Waals surface area (Å²) in [7, 11) is 0. The van der Waals surface area contributed by atoms with Gasteiger partial charge in [0, 0.05) is 18.5 Å². The van der Waals surface area contributed by atoms with E-state index < -0.39 is 0 Å². The van der Waals surface area contributed by atoms with E-state index in [0.29, 0.717) is 23.8 Å². The number of carbonyl (C=O) groups is 1. The quantitative estimate of drug-likeness (QED) is 0.837. The minimum Gasteiger partial charge on any atom is -0.356 e. The van der Waals surface area contributed by atoms with E-state index >= 15 is 0 Å². The topological polar surface area (TPSA) is 55.1 Å². The first-order valence-electron chi connectivity index (χ1n) is 9.24. The summed E-state index contributed by atoms with van der Waals surface area (Å²) in [6.07, 6.45) is 11.5. The number of rotatable bonds is 3. The molecular weight excluding hydrogens is 296 g/mol. The lowest BCUT2D eigenvalue weighted by Gasteiger charge is -2.43. The SMILES string of the molecule is Cl.NC1C2CCCC1CC(C(=O)NCC1CC3CCC1C3)C2. The van der Waals surface area contributed by atoms with Crippen molar-refractivity contribution < 1.29 is 4.79 Å². The average molecular weight is 327 g/mol. The van der Waals surface area contributed by atoms with Crippen LogP contribution in [-0.2, 0) is 4.79 Å². The number of fused-ring (bicyclic) bond motifs is 4. The van der Waals surface area contributed by atoms with Gasteiger partial charge in [0.1, 0.15) is 0 Å². The predicted octanol–water partition coefficient (Wildman–Crippen LogP) is 3.11. The fraction of sp³-hybridized carbons (Fsp3) is 0.944. The molecule has 0 radical (unpaired) electrons. The Bertz CT molecular complexity index is 402. The first kappa shape index (κ1) is 16.6. The van der Waals surface area contributed by atoms with Gasteiger partial charge in [-0.15, -0.1) is 12.4 Å². The van der Waals surface area contributed by atoms with Gasteiger partial charge in [0.05, 0.1) is 0 Å². The largest absolute Gasteiger partial charge is 0.356 e. The van der Waals surface area contributed by atoms with E-state index in [1.54, 1.807) is 0 Å². The molecule has 4 fully saturated rings. The van der Waals surface area contributed by atoms with Crippen LogP contribution < -0.4 is 11.1 Å². The number of amides is 1. The van der Waals surface area contributed by atoms with Gasteiger partial charge in [0.25, 0.3) is 0 Å². The van der Waals surface area contributed by atoms with Crippen molar-refractivity contribution in [3.63, 3.8) is 0 Å². The Kier molecular flexibility index (Phi) is 5.04. The Balaban J connectivity index is 0.00000144. The van der Waals surface area contributed by atoms with Crippen molar-refractivity contribution >= 4 is 18.3 Å². The molecule has 4 aliphatic rings. The zero-order chi connectivity index (χ0) is 14.4. The van der Waals surface area contributed by atoms with Gasteiger partial charge < -0.3 is 11.1 Å². The fourth-order valence-electron chi connectivity index (χ4n) is 6.01. The van der Waals surface area contributed by atoms with Crippen molar-refractivity contribution in [1.82, 2.24) is 5.32 Å². The maximum Gasteiger partial charge on any atom is 0.223 e. The van der Waals surface area contributed by atoms with E-state index in [1.165, 1.54) is 44.9 Å². The fourth-order valence-corrected chi connectivity index (χ4v) is 6.01. The van der Waals surface area contributed by atoms with Crippen molar-refractivity contribution in [3.05, 3.63) is 0 Å². The third-order valence-electron chi connectivity index (χ3n) is 7.21. The second kappa shape index (κ2) is 6.68. The van der Waals surface area contributed by atoms with Gasteiger partial charge in [-0.25, -0.2) is 0 Å². The van der Waals surface area contributed by atoms with E-state index in [0.717, 1.165) is 37.1 Å². The normalized spacial score (nSPS) is 46.1. The van der Waals surface area contributed by atoms with Gasteiger partial charge in [-0.2, -0.15) is 0 Å². The molecule has 0 aromatic rings. The molecule has 4 saturated carbocycles. The number of halogens is 1. The third kappa shape index (κ3) is 3.03. The number of hydrogen-bond donors (Lipinski definition) is 2. The summed E-state index contributed by atoms with van der Waals surface area (Å²) in [5.41, 5.74) is 6.33. The Labute approximate surface area is 140 Å². The maximum atomic E-state index is 12.5. The van der Waals surface area contributed by atoms with E-state index in [2.05, 4.69) is 5.32 Å². The lowest BCUT2D eigenvalue weighted by Crippen LogP contribution is -2.49. The molecule has 0 aromatic heterocycles. The summed E-state index contributed by atoms with van der Waals surface area (Å²) in [5, 5.41) is 3.30. The highest BCUT2D eigenvalue weighted by Crippen LogP contribution is 2.48. The average Bonchev–Trinajstić information content (AvgIpc) is 3.07. The summed E-state index contributed by atoms with van der Waals surface area (Å²) in [6.45, 7) is 0.942. The molecule has 0 aliphatic heterocycles. The molecule has 1 amide bonds. The zero-order valence-corrected chi connectivity index (χ0v) is 14.3. The molecule has 126 valence electrons. The van der Waals surface area contributed by atoms with Gasteiger partial charge in [-0.05, 0) is 74.5 Å². The van der Waals surface area contributed by atoms with Crippen molar-refractivity contribution in [2.45, 2.75) is 63.8 Å². The number of carbonyl (C=O) groups excluding carboxylic acids is 1. The summed E-state index contributed by atoms with van der Waals surface area (Å²) in [5.74, 6) is 4.46. The van der Waals surface area contributed by atoms with Crippen molar-refractivity contribution in [3.8, 4) is 0 Å². The lowest BCUT2D eigenvalue weighted by atomic mass is 9.65. The van der Waals surface area contributed by atoms with Crippen LogP contribution in [0.2, 0.25) is 0 Å². The molecule has 0 saturated heterocycles. The van der Waals surface area contributed by atoms with Crippen LogP contribution in [0.3, 0.4) is 0 Å². The molecule has 5 atom stereocenters. The molecule has 3 nitrogen and oxygen atoms in total. The summed E-state index contributed by atoms with van der Waals surface area (Å²) in [6, 6.07) is 0.369. The molecule has 4 heteroatoms. The minimum atomic E-state index is 0. The van der Waals surface area contributed by atoms with E-state index in [9.17, 15) is 4.79 Å².